The van der Waals surface area contributed by atoms with Crippen LogP contribution < -0.4 is 5.73 Å². The van der Waals surface area contributed by atoms with Gasteiger partial charge < -0.3 is 5.73 Å². The lowest BCUT2D eigenvalue weighted by atomic mass is 10.6. The number of aromatic nitrogens is 3. The number of fused-ring (bicyclic) bond motifs is 1. The Bertz CT molecular complexity index is 399. The lowest BCUT2D eigenvalue weighted by Gasteiger charge is -1.89. The van der Waals surface area contributed by atoms with Crippen molar-refractivity contribution in [3.8, 4) is 0 Å². The number of nitrogens with zero attached hydrogens (tertiary/aromatic N) is 3. The van der Waals surface area contributed by atoms with E-state index in [-0.39, 0.29) is 5.82 Å². The standard InChI is InChI=1S/C6H5FN4/c7-4-2-9-6-1-5(8)10-11(6)3-4/h1-3H,(H2,8,10)/i1+1,2D. The van der Waals surface area contributed by atoms with Gasteiger partial charge in [0.1, 0.15) is 5.82 Å². The van der Waals surface area contributed by atoms with Crippen LogP contribution in [0.1, 0.15) is 1.37 Å². The molecular formula is C6H5FN4. The molecule has 0 saturated heterocycles. The van der Waals surface area contributed by atoms with Crippen LogP contribution in [0.3, 0.4) is 0 Å². The maximum absolute atomic E-state index is 12.7. The van der Waals surface area contributed by atoms with Crippen molar-refractivity contribution in [2.45, 2.75) is 0 Å². The first-order valence-electron chi connectivity index (χ1n) is 3.45. The molecule has 2 aromatic rings. The van der Waals surface area contributed by atoms with Gasteiger partial charge in [-0.2, -0.15) is 0 Å². The molecule has 0 unspecified atom stereocenters. The first kappa shape index (κ1) is 5.06. The van der Waals surface area contributed by atoms with Crippen LogP contribution in [0.2, 0.25) is 0 Å². The van der Waals surface area contributed by atoms with E-state index in [1.165, 1.54) is 10.6 Å². The highest BCUT2D eigenvalue weighted by Crippen LogP contribution is 2.04. The van der Waals surface area contributed by atoms with Gasteiger partial charge in [-0.05, 0) is 0 Å². The molecular weight excluding hydrogens is 148 g/mol. The van der Waals surface area contributed by atoms with E-state index in [2.05, 4.69) is 10.1 Å². The Hall–Kier alpha value is -1.65. The van der Waals surface area contributed by atoms with E-state index in [1.54, 1.807) is 0 Å². The highest BCUT2D eigenvalue weighted by molar-refractivity contribution is 5.46. The average molecular weight is 154 g/mol. The maximum atomic E-state index is 12.7. The lowest BCUT2D eigenvalue weighted by Crippen LogP contribution is -1.91. The van der Waals surface area contributed by atoms with Crippen LogP contribution >= 0.6 is 0 Å². The van der Waals surface area contributed by atoms with Crippen LogP contribution in [0.4, 0.5) is 10.2 Å². The van der Waals surface area contributed by atoms with Crippen molar-refractivity contribution >= 4 is 11.5 Å². The Labute approximate surface area is 62.9 Å². The second-order valence-electron chi connectivity index (χ2n) is 2.07. The monoisotopic (exact) mass is 154 g/mol. The minimum absolute atomic E-state index is 0.257. The summed E-state index contributed by atoms with van der Waals surface area (Å²) in [5.41, 5.74) is 5.71. The fourth-order valence-electron chi connectivity index (χ4n) is 0.828. The summed E-state index contributed by atoms with van der Waals surface area (Å²) in [6.07, 6.45) is 0.670. The Morgan fingerprint density at radius 2 is 2.55 bits per heavy atom. The number of nitrogen functional groups attached to an aromatic ring is 1. The molecule has 0 amide bonds. The first-order valence-corrected chi connectivity index (χ1v) is 2.95. The van der Waals surface area contributed by atoms with E-state index in [1.807, 2.05) is 0 Å². The summed E-state index contributed by atoms with van der Waals surface area (Å²) in [6.45, 7) is 0. The van der Waals surface area contributed by atoms with Crippen molar-refractivity contribution in [2.24, 2.45) is 0 Å². The van der Waals surface area contributed by atoms with E-state index in [4.69, 9.17) is 7.10 Å². The molecule has 0 saturated carbocycles. The van der Waals surface area contributed by atoms with Gasteiger partial charge >= 0.3 is 0 Å². The van der Waals surface area contributed by atoms with Gasteiger partial charge in [0.25, 0.3) is 0 Å². The zero-order valence-corrected chi connectivity index (χ0v) is 5.45. The maximum Gasteiger partial charge on any atom is 0.159 e. The number of anilines is 1. The molecule has 0 bridgehead atoms. The molecule has 56 valence electrons. The molecule has 0 atom stereocenters. The van der Waals surface area contributed by atoms with Crippen LogP contribution in [0, 0.1) is 5.82 Å². The van der Waals surface area contributed by atoms with Gasteiger partial charge in [-0.25, -0.2) is 13.9 Å². The molecule has 2 aromatic heterocycles. The molecule has 2 rings (SSSR count). The highest BCUT2D eigenvalue weighted by Gasteiger charge is 1.98. The fraction of sp³-hybridized carbons (Fsp3) is 0. The topological polar surface area (TPSA) is 56.2 Å². The SMILES string of the molecule is [2H]c1nc2[13cH]c(N)nn2cc1F. The predicted octanol–water partition coefficient (Wildman–Crippen LogP) is 0.451. The molecule has 0 aliphatic heterocycles. The molecule has 2 heterocycles. The minimum Gasteiger partial charge on any atom is -0.382 e. The minimum atomic E-state index is -0.717. The summed E-state index contributed by atoms with van der Waals surface area (Å²) in [4.78, 5) is 3.61. The molecule has 0 radical (unpaired) electrons. The number of halogens is 1. The van der Waals surface area contributed by atoms with Crippen LogP contribution in [-0.2, 0) is 0 Å². The van der Waals surface area contributed by atoms with E-state index < -0.39 is 12.0 Å². The number of rotatable bonds is 0. The van der Waals surface area contributed by atoms with Gasteiger partial charge in [-0.15, -0.1) is 5.10 Å². The van der Waals surface area contributed by atoms with E-state index in [0.29, 0.717) is 5.65 Å². The third kappa shape index (κ3) is 0.899. The quantitative estimate of drug-likeness (QED) is 0.599. The summed E-state index contributed by atoms with van der Waals surface area (Å²) >= 11 is 0. The molecule has 0 fully saturated rings. The third-order valence-electron chi connectivity index (χ3n) is 1.25. The second kappa shape index (κ2) is 1.91. The van der Waals surface area contributed by atoms with Crippen LogP contribution in [0.5, 0.6) is 0 Å². The first-order chi connectivity index (χ1) is 5.66. The van der Waals surface area contributed by atoms with Gasteiger partial charge in [0.2, 0.25) is 0 Å². The molecule has 0 aliphatic rings. The van der Waals surface area contributed by atoms with Crippen molar-refractivity contribution < 1.29 is 5.76 Å². The molecule has 4 nitrogen and oxygen atoms in total. The van der Waals surface area contributed by atoms with E-state index >= 15 is 0 Å². The van der Waals surface area contributed by atoms with E-state index in [9.17, 15) is 4.39 Å². The number of hydrogen-bond acceptors (Lipinski definition) is 3. The normalized spacial score (nSPS) is 11.9. The number of nitrogens with two attached hydrogens (primary N) is 1. The fourth-order valence-corrected chi connectivity index (χ4v) is 0.828. The Balaban J connectivity index is 2.83. The highest BCUT2D eigenvalue weighted by atomic mass is 19.1. The van der Waals surface area contributed by atoms with Gasteiger partial charge in [0.05, 0.1) is 13.7 Å². The van der Waals surface area contributed by atoms with Gasteiger partial charge in [-0.3, -0.25) is 0 Å². The predicted molar refractivity (Wildman–Crippen MR) is 37.4 cm³/mol. The van der Waals surface area contributed by atoms with Crippen molar-refractivity contribution in [3.63, 3.8) is 0 Å². The number of hydrogen-bond donors (Lipinski definition) is 1. The summed E-state index contributed by atoms with van der Waals surface area (Å²) < 4.78 is 20.9. The zero-order valence-electron chi connectivity index (χ0n) is 6.45. The average Bonchev–Trinajstić information content (AvgIpc) is 2.30. The van der Waals surface area contributed by atoms with Crippen LogP contribution in [0.15, 0.2) is 18.4 Å². The summed E-state index contributed by atoms with van der Waals surface area (Å²) in [6, 6.07) is 1.47. The smallest absolute Gasteiger partial charge is 0.159 e. The van der Waals surface area contributed by atoms with E-state index in [0.717, 1.165) is 6.20 Å². The Morgan fingerprint density at radius 3 is 3.36 bits per heavy atom. The van der Waals surface area contributed by atoms with Crippen molar-refractivity contribution in [2.75, 3.05) is 5.73 Å². The summed E-state index contributed by atoms with van der Waals surface area (Å²) in [7, 11) is 0. The Kier molecular flexibility index (Phi) is 0.881. The van der Waals surface area contributed by atoms with Crippen molar-refractivity contribution in [1.29, 1.82) is 0 Å². The molecule has 5 heteroatoms. The van der Waals surface area contributed by atoms with Gasteiger partial charge in [0, 0.05) is 6.07 Å². The second-order valence-corrected chi connectivity index (χ2v) is 2.07. The summed E-state index contributed by atoms with van der Waals surface area (Å²) in [5.74, 6) is -0.460. The lowest BCUT2D eigenvalue weighted by molar-refractivity contribution is 0.607. The molecule has 11 heavy (non-hydrogen) atoms. The zero-order chi connectivity index (χ0) is 8.72. The van der Waals surface area contributed by atoms with Gasteiger partial charge in [0.15, 0.2) is 11.5 Å². The van der Waals surface area contributed by atoms with Crippen LogP contribution in [-0.4, -0.2) is 14.6 Å². The van der Waals surface area contributed by atoms with Crippen molar-refractivity contribution in [1.82, 2.24) is 14.6 Å². The third-order valence-corrected chi connectivity index (χ3v) is 1.25. The van der Waals surface area contributed by atoms with Crippen molar-refractivity contribution in [3.05, 3.63) is 24.3 Å². The molecule has 0 aliphatic carbocycles. The van der Waals surface area contributed by atoms with Crippen LogP contribution in [0.25, 0.3) is 5.65 Å². The molecule has 0 aromatic carbocycles. The largest absolute Gasteiger partial charge is 0.382 e. The van der Waals surface area contributed by atoms with Gasteiger partial charge in [-0.1, -0.05) is 0 Å². The molecule has 0 spiro atoms. The summed E-state index contributed by atoms with van der Waals surface area (Å²) in [5, 5.41) is 3.72. The molecule has 2 N–H and O–H groups in total. The Morgan fingerprint density at radius 1 is 1.73 bits per heavy atom.